The fourth-order valence-corrected chi connectivity index (χ4v) is 4.71. The number of nitrogens with zero attached hydrogens (tertiary/aromatic N) is 2. The number of hydrogen-bond donors (Lipinski definition) is 2. The number of halogens is 2. The number of aromatic hydroxyl groups is 1. The molecule has 0 bridgehead atoms. The van der Waals surface area contributed by atoms with Gasteiger partial charge in [0.15, 0.2) is 17.4 Å². The van der Waals surface area contributed by atoms with Crippen LogP contribution >= 0.6 is 0 Å². The van der Waals surface area contributed by atoms with E-state index in [1.807, 2.05) is 0 Å². The highest BCUT2D eigenvalue weighted by Crippen LogP contribution is 2.45. The van der Waals surface area contributed by atoms with Gasteiger partial charge in [0.2, 0.25) is 0 Å². The lowest BCUT2D eigenvalue weighted by Gasteiger charge is -2.26. The van der Waals surface area contributed by atoms with Crippen molar-refractivity contribution in [1.82, 2.24) is 9.88 Å². The van der Waals surface area contributed by atoms with Gasteiger partial charge < -0.3 is 10.2 Å². The summed E-state index contributed by atoms with van der Waals surface area (Å²) < 4.78 is 27.4. The van der Waals surface area contributed by atoms with Crippen LogP contribution in [0.5, 0.6) is 5.75 Å². The van der Waals surface area contributed by atoms with E-state index in [0.29, 0.717) is 31.6 Å². The molecular weight excluding hydrogens is 366 g/mol. The summed E-state index contributed by atoms with van der Waals surface area (Å²) in [6.07, 6.45) is 2.36. The molecule has 28 heavy (non-hydrogen) atoms. The lowest BCUT2D eigenvalue weighted by atomic mass is 9.91. The van der Waals surface area contributed by atoms with Crippen molar-refractivity contribution in [2.75, 3.05) is 19.6 Å². The Morgan fingerprint density at radius 2 is 1.89 bits per heavy atom. The summed E-state index contributed by atoms with van der Waals surface area (Å²) >= 11 is 0. The SMILES string of the molecule is O=C(CN1C[C@@H]2CC(O)(Cc3cccc(F)c3F)C[C@@H]2C1)c1ccc(O)cn1. The number of Topliss-reactive ketones (excluding diaryl/α,β-unsaturated/α-hetero) is 1. The van der Waals surface area contributed by atoms with Crippen molar-refractivity contribution in [3.8, 4) is 5.75 Å². The minimum atomic E-state index is -1.04. The predicted molar refractivity (Wildman–Crippen MR) is 97.9 cm³/mol. The number of benzene rings is 1. The zero-order valence-corrected chi connectivity index (χ0v) is 15.3. The fourth-order valence-electron chi connectivity index (χ4n) is 4.71. The molecule has 2 N–H and O–H groups in total. The van der Waals surface area contributed by atoms with Gasteiger partial charge in [0.05, 0.1) is 18.3 Å². The lowest BCUT2D eigenvalue weighted by Crippen LogP contribution is -2.34. The summed E-state index contributed by atoms with van der Waals surface area (Å²) in [7, 11) is 0. The topological polar surface area (TPSA) is 73.7 Å². The molecule has 0 amide bonds. The number of likely N-dealkylation sites (tertiary alicyclic amines) is 1. The Labute approximate surface area is 161 Å². The maximum Gasteiger partial charge on any atom is 0.195 e. The molecule has 2 aromatic rings. The molecule has 2 heterocycles. The standard InChI is InChI=1S/C21H22F2N2O3/c22-17-3-1-2-13(20(17)23)6-21(28)7-14-10-25(11-15(14)8-21)12-19(27)18-5-4-16(26)9-24-18/h1-5,9,14-15,26,28H,6-8,10-12H2/t14-,15+,21?. The van der Waals surface area contributed by atoms with Crippen LogP contribution in [0.3, 0.4) is 0 Å². The monoisotopic (exact) mass is 388 g/mol. The summed E-state index contributed by atoms with van der Waals surface area (Å²) in [6.45, 7) is 1.60. The molecule has 0 spiro atoms. The van der Waals surface area contributed by atoms with Gasteiger partial charge >= 0.3 is 0 Å². The predicted octanol–water partition coefficient (Wildman–Crippen LogP) is 2.56. The smallest absolute Gasteiger partial charge is 0.195 e. The molecule has 2 fully saturated rings. The first-order valence-electron chi connectivity index (χ1n) is 9.39. The summed E-state index contributed by atoms with van der Waals surface area (Å²) in [4.78, 5) is 18.4. The third-order valence-electron chi connectivity index (χ3n) is 5.89. The number of aliphatic hydroxyl groups is 1. The normalized spacial score (nSPS) is 27.1. The Kier molecular flexibility index (Phi) is 4.89. The summed E-state index contributed by atoms with van der Waals surface area (Å²) in [5, 5.41) is 20.2. The van der Waals surface area contributed by atoms with Crippen LogP contribution in [0.1, 0.15) is 28.9 Å². The zero-order chi connectivity index (χ0) is 19.9. The van der Waals surface area contributed by atoms with E-state index >= 15 is 0 Å². The van der Waals surface area contributed by atoms with Crippen LogP contribution in [0.25, 0.3) is 0 Å². The first-order valence-corrected chi connectivity index (χ1v) is 9.39. The van der Waals surface area contributed by atoms with Gasteiger partial charge in [-0.25, -0.2) is 13.8 Å². The molecule has 0 radical (unpaired) electrons. The number of pyridine rings is 1. The molecule has 3 atom stereocenters. The molecule has 1 saturated carbocycles. The Morgan fingerprint density at radius 1 is 1.18 bits per heavy atom. The molecule has 148 valence electrons. The van der Waals surface area contributed by atoms with Crippen LogP contribution in [0.15, 0.2) is 36.5 Å². The van der Waals surface area contributed by atoms with E-state index in [1.165, 1.54) is 30.5 Å². The number of carbonyl (C=O) groups excluding carboxylic acids is 1. The zero-order valence-electron chi connectivity index (χ0n) is 15.3. The van der Waals surface area contributed by atoms with Gasteiger partial charge in [-0.05, 0) is 48.4 Å². The maximum atomic E-state index is 14.0. The third-order valence-corrected chi connectivity index (χ3v) is 5.89. The molecule has 7 heteroatoms. The largest absolute Gasteiger partial charge is 0.506 e. The maximum absolute atomic E-state index is 14.0. The average Bonchev–Trinajstić information content (AvgIpc) is 3.13. The van der Waals surface area contributed by atoms with Crippen LogP contribution in [0.2, 0.25) is 0 Å². The summed E-state index contributed by atoms with van der Waals surface area (Å²) in [5.41, 5.74) is -0.528. The van der Waals surface area contributed by atoms with Gasteiger partial charge in [0.25, 0.3) is 0 Å². The number of hydrogen-bond acceptors (Lipinski definition) is 5. The molecule has 1 aliphatic heterocycles. The van der Waals surface area contributed by atoms with E-state index in [0.717, 1.165) is 6.07 Å². The second-order valence-electron chi connectivity index (χ2n) is 8.06. The highest BCUT2D eigenvalue weighted by Gasteiger charge is 2.48. The number of fused-ring (bicyclic) bond motifs is 1. The van der Waals surface area contributed by atoms with Gasteiger partial charge in [0.1, 0.15) is 11.4 Å². The molecule has 5 nitrogen and oxygen atoms in total. The highest BCUT2D eigenvalue weighted by atomic mass is 19.2. The van der Waals surface area contributed by atoms with E-state index in [9.17, 15) is 23.8 Å². The Balaban J connectivity index is 1.35. The van der Waals surface area contributed by atoms with Gasteiger partial charge in [-0.1, -0.05) is 12.1 Å². The first kappa shape index (κ1) is 19.0. The molecule has 1 aromatic heterocycles. The van der Waals surface area contributed by atoms with Crippen LogP contribution in [-0.4, -0.2) is 51.1 Å². The second kappa shape index (κ2) is 7.22. The van der Waals surface area contributed by atoms with Crippen molar-refractivity contribution >= 4 is 5.78 Å². The fraction of sp³-hybridized carbons (Fsp3) is 0.429. The molecule has 1 saturated heterocycles. The third kappa shape index (κ3) is 3.77. The lowest BCUT2D eigenvalue weighted by molar-refractivity contribution is 0.0346. The highest BCUT2D eigenvalue weighted by molar-refractivity contribution is 5.95. The van der Waals surface area contributed by atoms with Crippen molar-refractivity contribution in [2.45, 2.75) is 24.9 Å². The van der Waals surface area contributed by atoms with Gasteiger partial charge in [-0.15, -0.1) is 0 Å². The van der Waals surface area contributed by atoms with E-state index in [-0.39, 0.29) is 41.9 Å². The molecule has 1 aliphatic carbocycles. The average molecular weight is 388 g/mol. The first-order chi connectivity index (χ1) is 13.3. The molecule has 1 unspecified atom stereocenters. The molecule has 4 rings (SSSR count). The van der Waals surface area contributed by atoms with Crippen molar-refractivity contribution in [1.29, 1.82) is 0 Å². The number of rotatable bonds is 5. The number of aromatic nitrogens is 1. The Morgan fingerprint density at radius 3 is 2.54 bits per heavy atom. The number of carbonyl (C=O) groups is 1. The second-order valence-corrected chi connectivity index (χ2v) is 8.06. The van der Waals surface area contributed by atoms with Crippen molar-refractivity contribution < 1.29 is 23.8 Å². The minimum Gasteiger partial charge on any atom is -0.506 e. The van der Waals surface area contributed by atoms with Gasteiger partial charge in [-0.2, -0.15) is 0 Å². The minimum absolute atomic E-state index is 0.0151. The summed E-state index contributed by atoms with van der Waals surface area (Å²) in [6, 6.07) is 6.98. The Hall–Kier alpha value is -2.38. The van der Waals surface area contributed by atoms with Crippen molar-refractivity contribution in [2.24, 2.45) is 11.8 Å². The van der Waals surface area contributed by atoms with Crippen molar-refractivity contribution in [3.63, 3.8) is 0 Å². The molecular formula is C21H22F2N2O3. The van der Waals surface area contributed by atoms with Gasteiger partial charge in [0, 0.05) is 19.5 Å². The van der Waals surface area contributed by atoms with Crippen molar-refractivity contribution in [3.05, 3.63) is 59.4 Å². The van der Waals surface area contributed by atoms with E-state index in [1.54, 1.807) is 0 Å². The van der Waals surface area contributed by atoms with Crippen LogP contribution in [-0.2, 0) is 6.42 Å². The van der Waals surface area contributed by atoms with E-state index in [4.69, 9.17) is 0 Å². The molecule has 2 aliphatic rings. The van der Waals surface area contributed by atoms with E-state index in [2.05, 4.69) is 9.88 Å². The number of ketones is 1. The summed E-state index contributed by atoms with van der Waals surface area (Å²) in [5.74, 6) is -1.43. The van der Waals surface area contributed by atoms with Crippen LogP contribution in [0.4, 0.5) is 8.78 Å². The van der Waals surface area contributed by atoms with Crippen LogP contribution < -0.4 is 0 Å². The van der Waals surface area contributed by atoms with Gasteiger partial charge in [-0.3, -0.25) is 9.69 Å². The van der Waals surface area contributed by atoms with E-state index < -0.39 is 17.2 Å². The molecule has 1 aromatic carbocycles. The van der Waals surface area contributed by atoms with Crippen LogP contribution in [0, 0.1) is 23.5 Å². The quantitative estimate of drug-likeness (QED) is 0.771. The Bertz CT molecular complexity index is 874.